The number of para-hydroxylation sites is 1. The van der Waals surface area contributed by atoms with E-state index in [2.05, 4.69) is 6.92 Å². The molecule has 124 valence electrons. The maximum Gasteiger partial charge on any atom is 0.258 e. The van der Waals surface area contributed by atoms with Crippen LogP contribution in [0.25, 0.3) is 0 Å². The normalized spacial score (nSPS) is 17.6. The third-order valence-corrected chi connectivity index (χ3v) is 4.32. The lowest BCUT2D eigenvalue weighted by molar-refractivity contribution is -0.133. The summed E-state index contributed by atoms with van der Waals surface area (Å²) in [5, 5.41) is 3.14. The average Bonchev–Trinajstić information content (AvgIpc) is 2.85. The van der Waals surface area contributed by atoms with Crippen molar-refractivity contribution in [3.8, 4) is 0 Å². The van der Waals surface area contributed by atoms with E-state index in [1.165, 1.54) is 0 Å². The van der Waals surface area contributed by atoms with Gasteiger partial charge >= 0.3 is 0 Å². The first-order chi connectivity index (χ1) is 11.7. The van der Waals surface area contributed by atoms with Gasteiger partial charge in [-0.1, -0.05) is 68.3 Å². The van der Waals surface area contributed by atoms with Crippen molar-refractivity contribution in [2.45, 2.75) is 32.7 Å². The highest BCUT2D eigenvalue weighted by atomic mass is 16.2. The van der Waals surface area contributed by atoms with Crippen LogP contribution in [0.15, 0.2) is 60.7 Å². The van der Waals surface area contributed by atoms with E-state index >= 15 is 0 Å². The maximum absolute atomic E-state index is 12.9. The molecule has 2 aromatic carbocycles. The molecule has 1 unspecified atom stereocenters. The summed E-state index contributed by atoms with van der Waals surface area (Å²) in [6.45, 7) is 2.48. The molecule has 1 atom stereocenters. The number of anilines is 1. The Balaban J connectivity index is 1.92. The number of nitrogens with zero attached hydrogens (tertiary/aromatic N) is 2. The monoisotopic (exact) mass is 322 g/mol. The van der Waals surface area contributed by atoms with Gasteiger partial charge in [-0.25, -0.2) is 10.0 Å². The fourth-order valence-corrected chi connectivity index (χ4v) is 3.05. The first-order valence-corrected chi connectivity index (χ1v) is 8.46. The zero-order chi connectivity index (χ0) is 16.9. The number of carbonyl (C=O) groups excluding carboxylic acids is 2. The van der Waals surface area contributed by atoms with Gasteiger partial charge in [0.25, 0.3) is 11.8 Å². The predicted molar refractivity (Wildman–Crippen MR) is 93.9 cm³/mol. The van der Waals surface area contributed by atoms with Crippen molar-refractivity contribution in [1.29, 1.82) is 0 Å². The third kappa shape index (κ3) is 3.18. The van der Waals surface area contributed by atoms with Crippen LogP contribution in [0, 0.1) is 5.92 Å². The summed E-state index contributed by atoms with van der Waals surface area (Å²) < 4.78 is 0. The Morgan fingerprint density at radius 3 is 2.12 bits per heavy atom. The van der Waals surface area contributed by atoms with Crippen LogP contribution in [0.2, 0.25) is 0 Å². The molecule has 2 amide bonds. The topological polar surface area (TPSA) is 40.6 Å². The zero-order valence-electron chi connectivity index (χ0n) is 13.9. The highest BCUT2D eigenvalue weighted by molar-refractivity contribution is 6.14. The van der Waals surface area contributed by atoms with Gasteiger partial charge in [0.05, 0.1) is 12.2 Å². The van der Waals surface area contributed by atoms with Gasteiger partial charge in [0, 0.05) is 0 Å². The summed E-state index contributed by atoms with van der Waals surface area (Å²) in [6, 6.07) is 19.2. The van der Waals surface area contributed by atoms with Crippen molar-refractivity contribution < 1.29 is 9.59 Å². The fourth-order valence-electron chi connectivity index (χ4n) is 3.05. The molecule has 24 heavy (non-hydrogen) atoms. The molecule has 0 spiro atoms. The molecule has 1 aliphatic heterocycles. The predicted octanol–water partition coefficient (Wildman–Crippen LogP) is 3.78. The van der Waals surface area contributed by atoms with Crippen LogP contribution in [0.1, 0.15) is 31.7 Å². The van der Waals surface area contributed by atoms with Crippen LogP contribution < -0.4 is 5.01 Å². The molecular weight excluding hydrogens is 300 g/mol. The molecule has 0 bridgehead atoms. The van der Waals surface area contributed by atoms with Crippen LogP contribution in [-0.4, -0.2) is 16.8 Å². The summed E-state index contributed by atoms with van der Waals surface area (Å²) in [4.78, 5) is 25.8. The van der Waals surface area contributed by atoms with Crippen LogP contribution in [0.4, 0.5) is 5.69 Å². The van der Waals surface area contributed by atoms with E-state index in [1.807, 2.05) is 60.7 Å². The van der Waals surface area contributed by atoms with E-state index in [0.717, 1.165) is 24.1 Å². The van der Waals surface area contributed by atoms with E-state index in [4.69, 9.17) is 0 Å². The Morgan fingerprint density at radius 2 is 1.50 bits per heavy atom. The van der Waals surface area contributed by atoms with Crippen LogP contribution in [0.3, 0.4) is 0 Å². The smallest absolute Gasteiger partial charge is 0.258 e. The fraction of sp³-hybridized carbons (Fsp3) is 0.300. The van der Waals surface area contributed by atoms with Crippen molar-refractivity contribution in [3.63, 3.8) is 0 Å². The van der Waals surface area contributed by atoms with Gasteiger partial charge < -0.3 is 0 Å². The Labute approximate surface area is 142 Å². The summed E-state index contributed by atoms with van der Waals surface area (Å²) in [7, 11) is 0. The molecule has 0 radical (unpaired) electrons. The molecule has 4 nitrogen and oxygen atoms in total. The number of carbonyl (C=O) groups is 2. The SMILES string of the molecule is CCCCC1C(=O)N(Cc2ccccc2)N(c2ccccc2)C1=O. The van der Waals surface area contributed by atoms with Crippen molar-refractivity contribution in [3.05, 3.63) is 66.2 Å². The minimum atomic E-state index is -0.561. The molecule has 3 rings (SSSR count). The van der Waals surface area contributed by atoms with Crippen molar-refractivity contribution in [2.75, 3.05) is 5.01 Å². The summed E-state index contributed by atoms with van der Waals surface area (Å²) >= 11 is 0. The quantitative estimate of drug-likeness (QED) is 0.759. The maximum atomic E-state index is 12.9. The molecule has 1 saturated heterocycles. The largest absolute Gasteiger partial charge is 0.272 e. The Morgan fingerprint density at radius 1 is 0.875 bits per heavy atom. The van der Waals surface area contributed by atoms with E-state index < -0.39 is 5.92 Å². The molecular formula is C20H22N2O2. The number of benzene rings is 2. The van der Waals surface area contributed by atoms with Crippen molar-refractivity contribution in [2.24, 2.45) is 5.92 Å². The van der Waals surface area contributed by atoms with E-state index in [0.29, 0.717) is 13.0 Å². The minimum Gasteiger partial charge on any atom is -0.272 e. The Bertz CT molecular complexity index is 700. The van der Waals surface area contributed by atoms with E-state index in [9.17, 15) is 9.59 Å². The van der Waals surface area contributed by atoms with Crippen LogP contribution in [-0.2, 0) is 16.1 Å². The lowest BCUT2D eigenvalue weighted by Crippen LogP contribution is -2.40. The summed E-state index contributed by atoms with van der Waals surface area (Å²) in [5.41, 5.74) is 1.75. The number of rotatable bonds is 6. The number of hydrogen-bond donors (Lipinski definition) is 0. The first kappa shape index (κ1) is 16.2. The molecule has 2 aromatic rings. The summed E-state index contributed by atoms with van der Waals surface area (Å²) in [5.74, 6) is -0.773. The average molecular weight is 322 g/mol. The molecule has 1 heterocycles. The number of unbranched alkanes of at least 4 members (excludes halogenated alkanes) is 1. The molecule has 0 N–H and O–H groups in total. The number of amides is 2. The molecule has 0 aromatic heterocycles. The second-order valence-electron chi connectivity index (χ2n) is 6.06. The highest BCUT2D eigenvalue weighted by Gasteiger charge is 2.45. The van der Waals surface area contributed by atoms with Gasteiger partial charge in [0.1, 0.15) is 5.92 Å². The Kier molecular flexibility index (Phi) is 4.94. The van der Waals surface area contributed by atoms with Gasteiger partial charge in [-0.3, -0.25) is 9.59 Å². The number of hydrazine groups is 1. The third-order valence-electron chi connectivity index (χ3n) is 4.32. The van der Waals surface area contributed by atoms with Gasteiger partial charge in [-0.05, 0) is 24.1 Å². The minimum absolute atomic E-state index is 0.0962. The van der Waals surface area contributed by atoms with Crippen molar-refractivity contribution in [1.82, 2.24) is 5.01 Å². The van der Waals surface area contributed by atoms with E-state index in [-0.39, 0.29) is 11.8 Å². The molecule has 1 aliphatic rings. The standard InChI is InChI=1S/C20H22N2O2/c1-2-3-14-18-19(23)21(15-16-10-6-4-7-11-16)22(20(18)24)17-12-8-5-9-13-17/h4-13,18H,2-3,14-15H2,1H3. The second kappa shape index (κ2) is 7.30. The van der Waals surface area contributed by atoms with Crippen LogP contribution in [0.5, 0.6) is 0 Å². The number of hydrogen-bond acceptors (Lipinski definition) is 2. The van der Waals surface area contributed by atoms with Gasteiger partial charge in [0.15, 0.2) is 0 Å². The summed E-state index contributed by atoms with van der Waals surface area (Å²) in [6.07, 6.45) is 2.47. The molecule has 0 aliphatic carbocycles. The Hall–Kier alpha value is -2.62. The lowest BCUT2D eigenvalue weighted by atomic mass is 10.0. The van der Waals surface area contributed by atoms with Crippen LogP contribution >= 0.6 is 0 Å². The lowest BCUT2D eigenvalue weighted by Gasteiger charge is -2.27. The molecule has 0 saturated carbocycles. The molecule has 1 fully saturated rings. The van der Waals surface area contributed by atoms with Gasteiger partial charge in [-0.2, -0.15) is 0 Å². The molecule has 4 heteroatoms. The van der Waals surface area contributed by atoms with Gasteiger partial charge in [0.2, 0.25) is 0 Å². The highest BCUT2D eigenvalue weighted by Crippen LogP contribution is 2.30. The van der Waals surface area contributed by atoms with Gasteiger partial charge in [-0.15, -0.1) is 0 Å². The first-order valence-electron chi connectivity index (χ1n) is 8.46. The zero-order valence-corrected chi connectivity index (χ0v) is 13.9. The second-order valence-corrected chi connectivity index (χ2v) is 6.06. The van der Waals surface area contributed by atoms with E-state index in [1.54, 1.807) is 10.0 Å². The van der Waals surface area contributed by atoms with Crippen molar-refractivity contribution >= 4 is 17.5 Å².